The van der Waals surface area contributed by atoms with Crippen LogP contribution in [-0.4, -0.2) is 5.97 Å². The number of esters is 1. The molecule has 0 saturated carbocycles. The highest BCUT2D eigenvalue weighted by molar-refractivity contribution is 5.65. The molecule has 0 fully saturated rings. The number of rotatable bonds is 2. The average Bonchev–Trinajstić information content (AvgIpc) is 2.16. The second kappa shape index (κ2) is 3.76. The number of hydrogen-bond donors (Lipinski definition) is 1. The van der Waals surface area contributed by atoms with Crippen molar-refractivity contribution < 1.29 is 10.9 Å². The molecule has 0 aliphatic heterocycles. The number of carbonyl (C=O) groups is 1. The lowest BCUT2D eigenvalue weighted by atomic mass is 10.2. The first-order valence-corrected chi connectivity index (χ1v) is 3.51. The van der Waals surface area contributed by atoms with Gasteiger partial charge in [0.1, 0.15) is 6.61 Å². The van der Waals surface area contributed by atoms with Crippen LogP contribution in [0.1, 0.15) is 13.8 Å². The van der Waals surface area contributed by atoms with E-state index in [9.17, 15) is 4.79 Å². The zero-order valence-corrected chi connectivity index (χ0v) is 6.62. The van der Waals surface area contributed by atoms with Gasteiger partial charge in [-0.2, -0.15) is 0 Å². The van der Waals surface area contributed by atoms with Crippen molar-refractivity contribution in [2.45, 2.75) is 13.5 Å². The predicted octanol–water partition coefficient (Wildman–Crippen LogP) is 1.33. The van der Waals surface area contributed by atoms with Gasteiger partial charge >= 0.3 is 5.97 Å². The number of benzene rings is 1. The fraction of sp³-hybridized carbons (Fsp3) is 0.222. The first-order valence-electron chi connectivity index (χ1n) is 4.22. The molecule has 0 aliphatic carbocycles. The number of hydrogen-bond acceptors (Lipinski definition) is 3. The van der Waals surface area contributed by atoms with Crippen molar-refractivity contribution in [3.05, 3.63) is 29.8 Å². The number of ether oxygens (including phenoxy) is 1. The first kappa shape index (κ1) is 7.16. The van der Waals surface area contributed by atoms with Crippen molar-refractivity contribution in [1.82, 2.24) is 0 Å². The van der Waals surface area contributed by atoms with Crippen molar-refractivity contribution in [2.75, 3.05) is 5.73 Å². The average molecular weight is 166 g/mol. The molecule has 0 unspecified atom stereocenters. The fourth-order valence-electron chi connectivity index (χ4n) is 0.778. The van der Waals surface area contributed by atoms with Crippen LogP contribution in [0, 0.1) is 0 Å². The minimum Gasteiger partial charge on any atom is -0.461 e. The molecule has 1 rings (SSSR count). The summed E-state index contributed by atoms with van der Waals surface area (Å²) in [6.45, 7) is -0.132. The molecular formula is C9H11NO2. The lowest BCUT2D eigenvalue weighted by Gasteiger charge is -2.01. The van der Waals surface area contributed by atoms with Gasteiger partial charge in [0.25, 0.3) is 0 Å². The molecule has 1 aromatic rings. The summed E-state index contributed by atoms with van der Waals surface area (Å²) in [6, 6.07) is 7.05. The monoisotopic (exact) mass is 166 g/mol. The normalized spacial score (nSPS) is 10.5. The smallest absolute Gasteiger partial charge is 0.302 e. The maximum atomic E-state index is 10.6. The highest BCUT2D eigenvalue weighted by Crippen LogP contribution is 2.06. The third-order valence-corrected chi connectivity index (χ3v) is 1.38. The Kier molecular flexibility index (Phi) is 2.24. The van der Waals surface area contributed by atoms with Gasteiger partial charge < -0.3 is 10.5 Å². The van der Waals surface area contributed by atoms with Gasteiger partial charge in [0.15, 0.2) is 0 Å². The molecule has 0 aliphatic rings. The molecular weight excluding hydrogens is 154 g/mol. The lowest BCUT2D eigenvalue weighted by Crippen LogP contribution is -1.98. The number of anilines is 1. The van der Waals surface area contributed by atoms with Crippen molar-refractivity contribution in [3.63, 3.8) is 0 Å². The molecule has 0 heterocycles. The summed E-state index contributed by atoms with van der Waals surface area (Å²) >= 11 is 0. The van der Waals surface area contributed by atoms with E-state index in [1.54, 1.807) is 24.3 Å². The summed E-state index contributed by atoms with van der Waals surface area (Å²) in [5.74, 6) is -0.517. The molecule has 0 spiro atoms. The largest absolute Gasteiger partial charge is 0.461 e. The second-order valence-electron chi connectivity index (χ2n) is 2.40. The van der Waals surface area contributed by atoms with Crippen LogP contribution in [0.3, 0.4) is 0 Å². The van der Waals surface area contributed by atoms with E-state index in [0.717, 1.165) is 5.56 Å². The van der Waals surface area contributed by atoms with Crippen LogP contribution in [-0.2, 0) is 16.1 Å². The van der Waals surface area contributed by atoms with Gasteiger partial charge in [0.05, 0.1) is 0 Å². The molecule has 3 nitrogen and oxygen atoms in total. The molecule has 1 aromatic carbocycles. The first-order chi connectivity index (χ1) is 6.22. The molecule has 0 saturated heterocycles. The molecule has 2 N–H and O–H groups in total. The van der Waals surface area contributed by atoms with Crippen molar-refractivity contribution in [1.29, 1.82) is 0 Å². The maximum Gasteiger partial charge on any atom is 0.302 e. The van der Waals surface area contributed by atoms with Gasteiger partial charge in [0.2, 0.25) is 0 Å². The van der Waals surface area contributed by atoms with Crippen LogP contribution in [0.4, 0.5) is 5.69 Å². The van der Waals surface area contributed by atoms with E-state index in [0.29, 0.717) is 5.69 Å². The zero-order valence-electron chi connectivity index (χ0n) is 7.62. The lowest BCUT2D eigenvalue weighted by molar-refractivity contribution is -0.142. The summed E-state index contributed by atoms with van der Waals surface area (Å²) in [7, 11) is 0. The van der Waals surface area contributed by atoms with E-state index in [1.807, 2.05) is 0 Å². The Labute approximate surface area is 72.5 Å². The van der Waals surface area contributed by atoms with E-state index in [2.05, 4.69) is 0 Å². The minimum atomic E-state index is -0.517. The zero-order chi connectivity index (χ0) is 9.68. The predicted molar refractivity (Wildman–Crippen MR) is 46.3 cm³/mol. The third kappa shape index (κ3) is 2.62. The van der Waals surface area contributed by atoms with Crippen LogP contribution >= 0.6 is 0 Å². The van der Waals surface area contributed by atoms with E-state index >= 15 is 0 Å². The molecule has 0 atom stereocenters. The number of nitrogens with two attached hydrogens (primary N) is 1. The van der Waals surface area contributed by atoms with Crippen LogP contribution in [0.5, 0.6) is 0 Å². The standard InChI is InChI=1S/C9H11NO2/c1-7(11)12-6-8-2-4-9(10)5-3-8/h2-5H,6,10H2,1H3/i1D. The summed E-state index contributed by atoms with van der Waals surface area (Å²) in [5, 5.41) is 0. The van der Waals surface area contributed by atoms with Gasteiger partial charge in [-0.1, -0.05) is 12.1 Å². The van der Waals surface area contributed by atoms with E-state index in [1.165, 1.54) is 0 Å². The van der Waals surface area contributed by atoms with Crippen molar-refractivity contribution >= 4 is 11.7 Å². The van der Waals surface area contributed by atoms with E-state index < -0.39 is 5.97 Å². The Morgan fingerprint density at radius 1 is 1.58 bits per heavy atom. The van der Waals surface area contributed by atoms with Crippen molar-refractivity contribution in [2.24, 2.45) is 0 Å². The Morgan fingerprint density at radius 2 is 2.25 bits per heavy atom. The van der Waals surface area contributed by atoms with E-state index in [4.69, 9.17) is 11.8 Å². The fourth-order valence-corrected chi connectivity index (χ4v) is 0.778. The Bertz CT molecular complexity index is 284. The summed E-state index contributed by atoms with van der Waals surface area (Å²) in [6.07, 6.45) is 0. The highest BCUT2D eigenvalue weighted by Gasteiger charge is 1.94. The molecule has 0 bridgehead atoms. The highest BCUT2D eigenvalue weighted by atomic mass is 16.5. The minimum absolute atomic E-state index is 0.206. The molecule has 0 amide bonds. The summed E-state index contributed by atoms with van der Waals surface area (Å²) in [4.78, 5) is 10.6. The summed E-state index contributed by atoms with van der Waals surface area (Å²) in [5.41, 5.74) is 7.02. The Balaban J connectivity index is 2.46. The Morgan fingerprint density at radius 3 is 2.83 bits per heavy atom. The van der Waals surface area contributed by atoms with Gasteiger partial charge in [-0.25, -0.2) is 0 Å². The number of nitrogen functional groups attached to an aromatic ring is 1. The van der Waals surface area contributed by atoms with Gasteiger partial charge in [-0.3, -0.25) is 4.79 Å². The van der Waals surface area contributed by atoms with Crippen molar-refractivity contribution in [3.8, 4) is 0 Å². The third-order valence-electron chi connectivity index (χ3n) is 1.38. The Hall–Kier alpha value is -1.51. The van der Waals surface area contributed by atoms with Gasteiger partial charge in [-0.15, -0.1) is 0 Å². The van der Waals surface area contributed by atoms with Crippen LogP contribution < -0.4 is 5.73 Å². The van der Waals surface area contributed by atoms with Gasteiger partial charge in [0, 0.05) is 14.0 Å². The topological polar surface area (TPSA) is 52.3 Å². The molecule has 64 valence electrons. The molecule has 0 aromatic heterocycles. The van der Waals surface area contributed by atoms with E-state index in [-0.39, 0.29) is 13.5 Å². The maximum absolute atomic E-state index is 10.6. The van der Waals surface area contributed by atoms with Gasteiger partial charge in [-0.05, 0) is 17.7 Å². The second-order valence-corrected chi connectivity index (χ2v) is 2.40. The molecule has 3 heteroatoms. The number of carbonyl (C=O) groups excluding carboxylic acids is 1. The van der Waals surface area contributed by atoms with Crippen LogP contribution in [0.15, 0.2) is 24.3 Å². The molecule has 12 heavy (non-hydrogen) atoms. The van der Waals surface area contributed by atoms with Crippen LogP contribution in [0.2, 0.25) is 0 Å². The van der Waals surface area contributed by atoms with Crippen LogP contribution in [0.25, 0.3) is 0 Å². The molecule has 0 radical (unpaired) electrons. The summed E-state index contributed by atoms with van der Waals surface area (Å²) < 4.78 is 11.5. The SMILES string of the molecule is [2H]CC(=O)OCc1ccc(N)cc1. The quantitative estimate of drug-likeness (QED) is 0.532.